The van der Waals surface area contributed by atoms with Crippen molar-refractivity contribution in [1.29, 1.82) is 0 Å². The van der Waals surface area contributed by atoms with Crippen molar-refractivity contribution < 1.29 is 4.79 Å². The molecule has 0 unspecified atom stereocenters. The number of para-hydroxylation sites is 1. The molecule has 1 aliphatic heterocycles. The molecule has 0 N–H and O–H groups in total. The molecule has 1 aliphatic rings. The second-order valence-electron chi connectivity index (χ2n) is 7.03. The molecule has 130 valence electrons. The molecule has 2 aromatic heterocycles. The number of benzene rings is 1. The maximum atomic E-state index is 12.9. The molecular formula is C20H24N4O. The molecule has 1 saturated heterocycles. The summed E-state index contributed by atoms with van der Waals surface area (Å²) in [6, 6.07) is 8.27. The van der Waals surface area contributed by atoms with Gasteiger partial charge in [0.2, 0.25) is 5.91 Å². The first-order valence-corrected chi connectivity index (χ1v) is 8.91. The van der Waals surface area contributed by atoms with E-state index in [2.05, 4.69) is 32.4 Å². The van der Waals surface area contributed by atoms with Gasteiger partial charge >= 0.3 is 0 Å². The van der Waals surface area contributed by atoms with E-state index in [1.54, 1.807) is 0 Å². The number of amides is 1. The summed E-state index contributed by atoms with van der Waals surface area (Å²) in [4.78, 5) is 19.4. The predicted molar refractivity (Wildman–Crippen MR) is 98.4 cm³/mol. The molecule has 5 heteroatoms. The van der Waals surface area contributed by atoms with Gasteiger partial charge in [-0.1, -0.05) is 18.2 Å². The highest BCUT2D eigenvalue weighted by Gasteiger charge is 2.27. The van der Waals surface area contributed by atoms with E-state index in [-0.39, 0.29) is 5.91 Å². The first-order valence-electron chi connectivity index (χ1n) is 8.91. The van der Waals surface area contributed by atoms with Crippen molar-refractivity contribution in [2.24, 2.45) is 14.1 Å². The van der Waals surface area contributed by atoms with E-state index >= 15 is 0 Å². The number of rotatable bonds is 3. The summed E-state index contributed by atoms with van der Waals surface area (Å²) in [5.74, 6) is 1.64. The Morgan fingerprint density at radius 2 is 2.08 bits per heavy atom. The van der Waals surface area contributed by atoms with Gasteiger partial charge in [0.1, 0.15) is 5.82 Å². The van der Waals surface area contributed by atoms with E-state index in [4.69, 9.17) is 0 Å². The summed E-state index contributed by atoms with van der Waals surface area (Å²) in [5, 5.41) is 1.18. The third kappa shape index (κ3) is 2.95. The van der Waals surface area contributed by atoms with Gasteiger partial charge in [-0.15, -0.1) is 0 Å². The van der Waals surface area contributed by atoms with Gasteiger partial charge in [0.15, 0.2) is 0 Å². The van der Waals surface area contributed by atoms with Crippen LogP contribution in [0.4, 0.5) is 0 Å². The van der Waals surface area contributed by atoms with Gasteiger partial charge in [0, 0.05) is 62.6 Å². The molecule has 1 atom stereocenters. The standard InChI is InChI=1S/C20H24N4O/c1-22-11-9-21-20(22)15-6-5-10-24(14-15)19(25)12-16-13-23(2)18-8-4-3-7-17(16)18/h3-4,7-9,11,13,15H,5-6,10,12,14H2,1-2H3/t15-/m1/s1. The highest BCUT2D eigenvalue weighted by molar-refractivity contribution is 5.89. The second kappa shape index (κ2) is 6.39. The number of imidazole rings is 1. The molecule has 25 heavy (non-hydrogen) atoms. The number of piperidine rings is 1. The lowest BCUT2D eigenvalue weighted by molar-refractivity contribution is -0.131. The molecule has 1 fully saturated rings. The number of hydrogen-bond acceptors (Lipinski definition) is 2. The fourth-order valence-electron chi connectivity index (χ4n) is 4.03. The minimum absolute atomic E-state index is 0.218. The average Bonchev–Trinajstić information content (AvgIpc) is 3.19. The number of hydrogen-bond donors (Lipinski definition) is 0. The number of aromatic nitrogens is 3. The van der Waals surface area contributed by atoms with E-state index in [0.717, 1.165) is 37.3 Å². The largest absolute Gasteiger partial charge is 0.350 e. The Bertz CT molecular complexity index is 907. The Kier molecular flexibility index (Phi) is 4.07. The van der Waals surface area contributed by atoms with Crippen molar-refractivity contribution in [1.82, 2.24) is 19.0 Å². The summed E-state index contributed by atoms with van der Waals surface area (Å²) in [7, 11) is 4.06. The molecule has 0 bridgehead atoms. The van der Waals surface area contributed by atoms with Gasteiger partial charge < -0.3 is 14.0 Å². The molecule has 3 aromatic rings. The van der Waals surface area contributed by atoms with Gasteiger partial charge in [0.05, 0.1) is 6.42 Å². The highest BCUT2D eigenvalue weighted by Crippen LogP contribution is 2.27. The number of aryl methyl sites for hydroxylation is 2. The zero-order valence-corrected chi connectivity index (χ0v) is 14.9. The van der Waals surface area contributed by atoms with Gasteiger partial charge in [-0.25, -0.2) is 4.98 Å². The lowest BCUT2D eigenvalue weighted by Gasteiger charge is -2.32. The van der Waals surface area contributed by atoms with Crippen LogP contribution in [0.15, 0.2) is 42.9 Å². The normalized spacial score (nSPS) is 18.0. The smallest absolute Gasteiger partial charge is 0.227 e. The molecule has 0 spiro atoms. The highest BCUT2D eigenvalue weighted by atomic mass is 16.2. The van der Waals surface area contributed by atoms with Crippen molar-refractivity contribution in [2.75, 3.05) is 13.1 Å². The van der Waals surface area contributed by atoms with Crippen LogP contribution in [0.25, 0.3) is 10.9 Å². The summed E-state index contributed by atoms with van der Waals surface area (Å²) in [5.41, 5.74) is 2.29. The monoisotopic (exact) mass is 336 g/mol. The van der Waals surface area contributed by atoms with Crippen LogP contribution in [-0.2, 0) is 25.3 Å². The Labute approximate surface area is 147 Å². The van der Waals surface area contributed by atoms with Crippen LogP contribution in [0.2, 0.25) is 0 Å². The fraction of sp³-hybridized carbons (Fsp3) is 0.400. The Morgan fingerprint density at radius 1 is 1.24 bits per heavy atom. The van der Waals surface area contributed by atoms with Crippen LogP contribution in [0.1, 0.15) is 30.1 Å². The van der Waals surface area contributed by atoms with Crippen LogP contribution < -0.4 is 0 Å². The van der Waals surface area contributed by atoms with Gasteiger partial charge in [-0.2, -0.15) is 0 Å². The van der Waals surface area contributed by atoms with E-state index in [1.165, 1.54) is 10.9 Å². The Balaban J connectivity index is 1.51. The second-order valence-corrected chi connectivity index (χ2v) is 7.03. The fourth-order valence-corrected chi connectivity index (χ4v) is 4.03. The lowest BCUT2D eigenvalue weighted by atomic mass is 9.96. The minimum atomic E-state index is 0.218. The molecule has 0 saturated carbocycles. The van der Waals surface area contributed by atoms with Crippen molar-refractivity contribution in [3.05, 3.63) is 54.2 Å². The average molecular weight is 336 g/mol. The van der Waals surface area contributed by atoms with E-state index in [0.29, 0.717) is 12.3 Å². The molecule has 4 rings (SSSR count). The third-order valence-electron chi connectivity index (χ3n) is 5.32. The first kappa shape index (κ1) is 15.9. The molecule has 0 aliphatic carbocycles. The van der Waals surface area contributed by atoms with Crippen molar-refractivity contribution in [3.63, 3.8) is 0 Å². The summed E-state index contributed by atoms with van der Waals surface area (Å²) >= 11 is 0. The third-order valence-corrected chi connectivity index (χ3v) is 5.32. The summed E-state index contributed by atoms with van der Waals surface area (Å²) in [6.07, 6.45) is 8.51. The predicted octanol–water partition coefficient (Wildman–Crippen LogP) is 2.86. The molecule has 0 radical (unpaired) electrons. The van der Waals surface area contributed by atoms with Crippen LogP contribution in [-0.4, -0.2) is 38.0 Å². The summed E-state index contributed by atoms with van der Waals surface area (Å²) < 4.78 is 4.17. The van der Waals surface area contributed by atoms with E-state index in [9.17, 15) is 4.79 Å². The molecule has 1 aromatic carbocycles. The molecule has 5 nitrogen and oxygen atoms in total. The van der Waals surface area contributed by atoms with Gasteiger partial charge in [-0.05, 0) is 24.5 Å². The maximum absolute atomic E-state index is 12.9. The van der Waals surface area contributed by atoms with Crippen LogP contribution in [0.3, 0.4) is 0 Å². The molecule has 1 amide bonds. The summed E-state index contributed by atoms with van der Waals surface area (Å²) in [6.45, 7) is 1.62. The number of carbonyl (C=O) groups excluding carboxylic acids is 1. The number of fused-ring (bicyclic) bond motifs is 1. The van der Waals surface area contributed by atoms with Crippen LogP contribution >= 0.6 is 0 Å². The van der Waals surface area contributed by atoms with Crippen LogP contribution in [0, 0.1) is 0 Å². The zero-order chi connectivity index (χ0) is 17.4. The lowest BCUT2D eigenvalue weighted by Crippen LogP contribution is -2.40. The zero-order valence-electron chi connectivity index (χ0n) is 14.9. The van der Waals surface area contributed by atoms with E-state index < -0.39 is 0 Å². The van der Waals surface area contributed by atoms with Gasteiger partial charge in [0.25, 0.3) is 0 Å². The Morgan fingerprint density at radius 3 is 2.88 bits per heavy atom. The number of nitrogens with zero attached hydrogens (tertiary/aromatic N) is 4. The van der Waals surface area contributed by atoms with Crippen molar-refractivity contribution >= 4 is 16.8 Å². The number of carbonyl (C=O) groups is 1. The van der Waals surface area contributed by atoms with Crippen molar-refractivity contribution in [2.45, 2.75) is 25.2 Å². The SMILES string of the molecule is Cn1ccnc1[C@@H]1CCCN(C(=O)Cc2cn(C)c3ccccc23)C1. The van der Waals surface area contributed by atoms with Crippen molar-refractivity contribution in [3.8, 4) is 0 Å². The van der Waals surface area contributed by atoms with Gasteiger partial charge in [-0.3, -0.25) is 4.79 Å². The molecule has 3 heterocycles. The Hall–Kier alpha value is -2.56. The quantitative estimate of drug-likeness (QED) is 0.738. The maximum Gasteiger partial charge on any atom is 0.227 e. The first-order chi connectivity index (χ1) is 12.1. The molecular weight excluding hydrogens is 312 g/mol. The van der Waals surface area contributed by atoms with Crippen LogP contribution in [0.5, 0.6) is 0 Å². The topological polar surface area (TPSA) is 43.1 Å². The number of likely N-dealkylation sites (tertiary alicyclic amines) is 1. The minimum Gasteiger partial charge on any atom is -0.350 e. The van der Waals surface area contributed by atoms with E-state index in [1.807, 2.05) is 43.5 Å².